The van der Waals surface area contributed by atoms with Crippen LogP contribution in [0.1, 0.15) is 7.43 Å². The van der Waals surface area contributed by atoms with Crippen molar-refractivity contribution in [2.24, 2.45) is 0 Å². The molecule has 0 aromatic heterocycles. The number of carbonyl (C=O) groups excluding carboxylic acids is 2. The van der Waals surface area contributed by atoms with E-state index >= 15 is 0 Å². The summed E-state index contributed by atoms with van der Waals surface area (Å²) in [6.07, 6.45) is 0. The van der Waals surface area contributed by atoms with Crippen LogP contribution in [0.3, 0.4) is 0 Å². The van der Waals surface area contributed by atoms with E-state index in [0.717, 1.165) is 0 Å². The molecular formula is C9H20N2Na2O6. The van der Waals surface area contributed by atoms with Gasteiger partial charge < -0.3 is 40.6 Å². The fourth-order valence-corrected chi connectivity index (χ4v) is 0.550. The fourth-order valence-electron chi connectivity index (χ4n) is 0.550. The minimum absolute atomic E-state index is 0. The van der Waals surface area contributed by atoms with Gasteiger partial charge in [0.2, 0.25) is 0 Å². The van der Waals surface area contributed by atoms with Crippen LogP contribution in [0.2, 0.25) is 0 Å². The van der Waals surface area contributed by atoms with Gasteiger partial charge in [0, 0.05) is 26.2 Å². The second kappa shape index (κ2) is 27.2. The van der Waals surface area contributed by atoms with Crippen molar-refractivity contribution in [2.45, 2.75) is 7.43 Å². The largest absolute Gasteiger partial charge is 1.00 e. The van der Waals surface area contributed by atoms with Crippen molar-refractivity contribution < 1.29 is 89.1 Å². The van der Waals surface area contributed by atoms with Crippen LogP contribution in [-0.2, 0) is 9.59 Å². The zero-order valence-corrected chi connectivity index (χ0v) is 14.8. The van der Waals surface area contributed by atoms with Crippen LogP contribution in [0.5, 0.6) is 0 Å². The molecule has 0 spiro atoms. The molecule has 0 aliphatic heterocycles. The summed E-state index contributed by atoms with van der Waals surface area (Å²) in [6, 6.07) is 0. The quantitative estimate of drug-likeness (QED) is 0.255. The van der Waals surface area contributed by atoms with Crippen LogP contribution >= 0.6 is 0 Å². The van der Waals surface area contributed by atoms with E-state index in [2.05, 4.69) is 10.6 Å². The average Bonchev–Trinajstić information content (AvgIpc) is 2.18. The summed E-state index contributed by atoms with van der Waals surface area (Å²) in [4.78, 5) is 19.2. The van der Waals surface area contributed by atoms with Crippen LogP contribution in [0, 0.1) is 0 Å². The molecule has 0 amide bonds. The Balaban J connectivity index is -0.0000000607. The number of carbonyl (C=O) groups is 2. The maximum Gasteiger partial charge on any atom is 1.00 e. The number of aliphatic hydroxyl groups is 2. The van der Waals surface area contributed by atoms with Crippen LogP contribution in [0.25, 0.3) is 0 Å². The number of rotatable bonds is 8. The van der Waals surface area contributed by atoms with Gasteiger partial charge in [-0.25, -0.2) is 0 Å². The van der Waals surface area contributed by atoms with E-state index in [-0.39, 0.29) is 79.8 Å². The number of hydrogen-bond acceptors (Lipinski definition) is 8. The third-order valence-electron chi connectivity index (χ3n) is 1.12. The second-order valence-corrected chi connectivity index (χ2v) is 2.54. The van der Waals surface area contributed by atoms with Crippen molar-refractivity contribution in [3.63, 3.8) is 0 Å². The minimum Gasteiger partial charge on any atom is -0.549 e. The normalized spacial score (nSPS) is 7.68. The number of hydrogen-bond donors (Lipinski definition) is 4. The topological polar surface area (TPSA) is 145 Å². The third-order valence-corrected chi connectivity index (χ3v) is 1.12. The monoisotopic (exact) mass is 298 g/mol. The molecule has 0 aromatic carbocycles. The van der Waals surface area contributed by atoms with E-state index in [4.69, 9.17) is 10.2 Å². The Labute approximate surface area is 157 Å². The average molecular weight is 298 g/mol. The van der Waals surface area contributed by atoms with E-state index in [1.807, 2.05) is 0 Å². The zero-order chi connectivity index (χ0) is 12.8. The Morgan fingerprint density at radius 3 is 1.37 bits per heavy atom. The standard InChI is InChI=1S/C4H7NO4.C4H11NO2.CH4.2Na/c6-3(7)1-5-2-4(8)9;6-3-1-5-2-4-7;;;/h5H,1-2H2,(H,6,7)(H,8,9);5-7H,1-4H2;1H4;;/q;;;2*+1/p-2. The summed E-state index contributed by atoms with van der Waals surface area (Å²) >= 11 is 0. The van der Waals surface area contributed by atoms with E-state index < -0.39 is 25.0 Å². The summed E-state index contributed by atoms with van der Waals surface area (Å²) in [6.45, 7) is 0.489. The van der Waals surface area contributed by atoms with Crippen molar-refractivity contribution in [3.05, 3.63) is 0 Å². The first-order chi connectivity index (χ1) is 7.54. The molecule has 0 rings (SSSR count). The van der Waals surface area contributed by atoms with Gasteiger partial charge >= 0.3 is 59.1 Å². The summed E-state index contributed by atoms with van der Waals surface area (Å²) in [5.41, 5.74) is 0. The molecule has 0 radical (unpaired) electrons. The smallest absolute Gasteiger partial charge is 0.549 e. The van der Waals surface area contributed by atoms with Crippen molar-refractivity contribution in [1.82, 2.24) is 10.6 Å². The number of nitrogens with one attached hydrogen (secondary N) is 2. The Morgan fingerprint density at radius 2 is 1.16 bits per heavy atom. The fraction of sp³-hybridized carbons (Fsp3) is 0.778. The molecule has 0 aliphatic carbocycles. The van der Waals surface area contributed by atoms with Crippen molar-refractivity contribution in [3.8, 4) is 0 Å². The predicted molar refractivity (Wildman–Crippen MR) is 56.7 cm³/mol. The van der Waals surface area contributed by atoms with Gasteiger partial charge in [0.05, 0.1) is 25.2 Å². The molecule has 0 fully saturated rings. The molecule has 0 atom stereocenters. The van der Waals surface area contributed by atoms with E-state index in [1.54, 1.807) is 0 Å². The second-order valence-electron chi connectivity index (χ2n) is 2.54. The summed E-state index contributed by atoms with van der Waals surface area (Å²) in [5.74, 6) is -2.67. The first kappa shape index (κ1) is 31.9. The summed E-state index contributed by atoms with van der Waals surface area (Å²) in [7, 11) is 0. The number of carboxylic acid groups (broad SMARTS) is 2. The van der Waals surface area contributed by atoms with E-state index in [9.17, 15) is 19.8 Å². The third kappa shape index (κ3) is 45.5. The first-order valence-electron chi connectivity index (χ1n) is 4.57. The van der Waals surface area contributed by atoms with Gasteiger partial charge in [0.1, 0.15) is 0 Å². The summed E-state index contributed by atoms with van der Waals surface area (Å²) < 4.78 is 0. The molecule has 0 bridgehead atoms. The van der Waals surface area contributed by atoms with Gasteiger partial charge in [-0.05, 0) is 0 Å². The van der Waals surface area contributed by atoms with E-state index in [1.165, 1.54) is 0 Å². The van der Waals surface area contributed by atoms with Crippen LogP contribution in [0.15, 0.2) is 0 Å². The molecule has 0 unspecified atom stereocenters. The Kier molecular flexibility index (Phi) is 45.7. The first-order valence-corrected chi connectivity index (χ1v) is 4.57. The van der Waals surface area contributed by atoms with Crippen LogP contribution in [0.4, 0.5) is 0 Å². The molecule has 4 N–H and O–H groups in total. The van der Waals surface area contributed by atoms with Crippen molar-refractivity contribution in [2.75, 3.05) is 39.4 Å². The Hall–Kier alpha value is 0.780. The molecule has 104 valence electrons. The van der Waals surface area contributed by atoms with Gasteiger partial charge in [-0.15, -0.1) is 0 Å². The number of aliphatic carboxylic acids is 2. The summed E-state index contributed by atoms with van der Waals surface area (Å²) in [5, 5.41) is 40.3. The van der Waals surface area contributed by atoms with Gasteiger partial charge in [-0.2, -0.15) is 0 Å². The molecule has 10 heteroatoms. The molecule has 0 aromatic rings. The van der Waals surface area contributed by atoms with Crippen LogP contribution in [-0.4, -0.2) is 61.5 Å². The van der Waals surface area contributed by atoms with Crippen molar-refractivity contribution in [1.29, 1.82) is 0 Å². The number of aliphatic hydroxyl groups excluding tert-OH is 2. The Morgan fingerprint density at radius 1 is 0.842 bits per heavy atom. The van der Waals surface area contributed by atoms with E-state index in [0.29, 0.717) is 13.1 Å². The van der Waals surface area contributed by atoms with Gasteiger partial charge in [-0.1, -0.05) is 7.43 Å². The predicted octanol–water partition coefficient (Wildman–Crippen LogP) is -10.7. The molecule has 0 saturated heterocycles. The Bertz CT molecular complexity index is 180. The minimum atomic E-state index is -1.34. The van der Waals surface area contributed by atoms with Crippen molar-refractivity contribution >= 4 is 11.9 Å². The molecule has 0 aliphatic rings. The SMILES string of the molecule is C.O=C([O-])CNCC(=O)[O-].OCCNCCO.[Na+].[Na+]. The zero-order valence-electron chi connectivity index (χ0n) is 10.8. The van der Waals surface area contributed by atoms with Gasteiger partial charge in [-0.3, -0.25) is 0 Å². The molecule has 19 heavy (non-hydrogen) atoms. The maximum absolute atomic E-state index is 9.59. The van der Waals surface area contributed by atoms with Gasteiger partial charge in [0.15, 0.2) is 0 Å². The maximum atomic E-state index is 9.59. The van der Waals surface area contributed by atoms with Gasteiger partial charge in [0.25, 0.3) is 0 Å². The van der Waals surface area contributed by atoms with Crippen LogP contribution < -0.4 is 80.0 Å². The molecule has 8 nitrogen and oxygen atoms in total. The molecule has 0 heterocycles. The molecule has 0 saturated carbocycles. The number of carboxylic acids is 2. The molecular weight excluding hydrogens is 278 g/mol.